The molecule has 0 aliphatic heterocycles. The largest absolute Gasteiger partial charge is 0.411 e. The molecule has 0 saturated carbocycles. The number of benzene rings is 1. The first-order valence-corrected chi connectivity index (χ1v) is 8.10. The van der Waals surface area contributed by atoms with E-state index in [1.165, 1.54) is 18.2 Å². The van der Waals surface area contributed by atoms with Gasteiger partial charge in [-0.15, -0.1) is 10.2 Å². The molecule has 2 aromatic heterocycles. The summed E-state index contributed by atoms with van der Waals surface area (Å²) in [6, 6.07) is 7.50. The molecule has 122 valence electrons. The fourth-order valence-corrected chi connectivity index (χ4v) is 2.52. The quantitative estimate of drug-likeness (QED) is 0.696. The SMILES string of the molecule is O=C(CSc1nnc(-c2cccnc2)o1)Nc1ccc(F)c(Cl)c1. The molecule has 1 amide bonds. The number of pyridine rings is 1. The van der Waals surface area contributed by atoms with E-state index in [4.69, 9.17) is 16.0 Å². The van der Waals surface area contributed by atoms with Crippen LogP contribution in [0.4, 0.5) is 10.1 Å². The average Bonchev–Trinajstić information content (AvgIpc) is 3.06. The fourth-order valence-electron chi connectivity index (χ4n) is 1.77. The van der Waals surface area contributed by atoms with E-state index in [1.54, 1.807) is 24.5 Å². The minimum Gasteiger partial charge on any atom is -0.411 e. The summed E-state index contributed by atoms with van der Waals surface area (Å²) in [6.45, 7) is 0. The van der Waals surface area contributed by atoms with Crippen molar-refractivity contribution in [3.8, 4) is 11.5 Å². The first-order chi connectivity index (χ1) is 11.6. The number of aromatic nitrogens is 3. The zero-order valence-corrected chi connectivity index (χ0v) is 13.6. The molecule has 0 spiro atoms. The Morgan fingerprint density at radius 1 is 1.33 bits per heavy atom. The predicted octanol–water partition coefficient (Wildman–Crippen LogP) is 3.65. The molecule has 0 saturated heterocycles. The maximum Gasteiger partial charge on any atom is 0.277 e. The Bertz CT molecular complexity index is 860. The van der Waals surface area contributed by atoms with Gasteiger partial charge in [-0.3, -0.25) is 9.78 Å². The smallest absolute Gasteiger partial charge is 0.277 e. The van der Waals surface area contributed by atoms with Gasteiger partial charge in [0, 0.05) is 18.1 Å². The number of nitrogens with zero attached hydrogens (tertiary/aromatic N) is 3. The third kappa shape index (κ3) is 4.09. The van der Waals surface area contributed by atoms with Gasteiger partial charge in [-0.25, -0.2) is 4.39 Å². The van der Waals surface area contributed by atoms with E-state index >= 15 is 0 Å². The molecular weight excluding hydrogens is 355 g/mol. The summed E-state index contributed by atoms with van der Waals surface area (Å²) in [5.74, 6) is -0.457. The second kappa shape index (κ2) is 7.41. The van der Waals surface area contributed by atoms with Crippen LogP contribution in [0.25, 0.3) is 11.5 Å². The molecule has 0 aliphatic carbocycles. The number of hydrogen-bond donors (Lipinski definition) is 1. The van der Waals surface area contributed by atoms with Gasteiger partial charge in [0.15, 0.2) is 0 Å². The summed E-state index contributed by atoms with van der Waals surface area (Å²) in [5.41, 5.74) is 1.11. The van der Waals surface area contributed by atoms with Gasteiger partial charge in [0.2, 0.25) is 11.8 Å². The summed E-state index contributed by atoms with van der Waals surface area (Å²) in [7, 11) is 0. The Morgan fingerprint density at radius 2 is 2.21 bits per heavy atom. The molecule has 6 nitrogen and oxygen atoms in total. The molecule has 0 aliphatic rings. The monoisotopic (exact) mass is 364 g/mol. The highest BCUT2D eigenvalue weighted by molar-refractivity contribution is 7.99. The van der Waals surface area contributed by atoms with Crippen molar-refractivity contribution in [1.29, 1.82) is 0 Å². The Morgan fingerprint density at radius 3 is 2.96 bits per heavy atom. The summed E-state index contributed by atoms with van der Waals surface area (Å²) >= 11 is 6.75. The van der Waals surface area contributed by atoms with Gasteiger partial charge >= 0.3 is 0 Å². The lowest BCUT2D eigenvalue weighted by Gasteiger charge is -2.04. The number of thioether (sulfide) groups is 1. The molecule has 0 radical (unpaired) electrons. The van der Waals surface area contributed by atoms with Crippen LogP contribution in [0.5, 0.6) is 0 Å². The molecular formula is C15H10ClFN4O2S. The van der Waals surface area contributed by atoms with E-state index in [-0.39, 0.29) is 21.9 Å². The van der Waals surface area contributed by atoms with Crippen molar-refractivity contribution in [2.24, 2.45) is 0 Å². The molecule has 0 fully saturated rings. The molecule has 1 aromatic carbocycles. The topological polar surface area (TPSA) is 80.9 Å². The van der Waals surface area contributed by atoms with Crippen LogP contribution in [-0.2, 0) is 4.79 Å². The Labute approximate surface area is 145 Å². The van der Waals surface area contributed by atoms with Gasteiger partial charge in [0.25, 0.3) is 5.22 Å². The predicted molar refractivity (Wildman–Crippen MR) is 88.3 cm³/mol. The third-order valence-corrected chi connectivity index (χ3v) is 3.95. The lowest BCUT2D eigenvalue weighted by atomic mass is 10.3. The van der Waals surface area contributed by atoms with Crippen LogP contribution in [0.15, 0.2) is 52.4 Å². The highest BCUT2D eigenvalue weighted by atomic mass is 35.5. The van der Waals surface area contributed by atoms with E-state index in [0.717, 1.165) is 11.8 Å². The van der Waals surface area contributed by atoms with E-state index < -0.39 is 5.82 Å². The zero-order chi connectivity index (χ0) is 16.9. The average molecular weight is 365 g/mol. The standard InChI is InChI=1S/C15H10ClFN4O2S/c16-11-6-10(3-4-12(11)17)19-13(22)8-24-15-21-20-14(23-15)9-2-1-5-18-7-9/h1-7H,8H2,(H,19,22). The molecule has 0 atom stereocenters. The van der Waals surface area contributed by atoms with Crippen LogP contribution in [0, 0.1) is 5.82 Å². The molecule has 0 bridgehead atoms. The minimum absolute atomic E-state index is 0.0570. The number of hydrogen-bond acceptors (Lipinski definition) is 6. The number of nitrogens with one attached hydrogen (secondary N) is 1. The van der Waals surface area contributed by atoms with Crippen LogP contribution in [-0.4, -0.2) is 26.8 Å². The molecule has 2 heterocycles. The van der Waals surface area contributed by atoms with Crippen molar-refractivity contribution in [1.82, 2.24) is 15.2 Å². The van der Waals surface area contributed by atoms with Gasteiger partial charge in [-0.05, 0) is 30.3 Å². The first kappa shape index (κ1) is 16.4. The highest BCUT2D eigenvalue weighted by Crippen LogP contribution is 2.23. The van der Waals surface area contributed by atoms with Crippen LogP contribution in [0.2, 0.25) is 5.02 Å². The van der Waals surface area contributed by atoms with Crippen LogP contribution in [0.1, 0.15) is 0 Å². The second-order valence-electron chi connectivity index (χ2n) is 4.58. The number of halogens is 2. The van der Waals surface area contributed by atoms with E-state index in [1.807, 2.05) is 0 Å². The number of rotatable bonds is 5. The van der Waals surface area contributed by atoms with Gasteiger partial charge in [-0.2, -0.15) is 0 Å². The fraction of sp³-hybridized carbons (Fsp3) is 0.0667. The summed E-state index contributed by atoms with van der Waals surface area (Å²) < 4.78 is 18.5. The summed E-state index contributed by atoms with van der Waals surface area (Å²) in [4.78, 5) is 15.9. The van der Waals surface area contributed by atoms with E-state index in [0.29, 0.717) is 17.1 Å². The van der Waals surface area contributed by atoms with E-state index in [2.05, 4.69) is 20.5 Å². The maximum atomic E-state index is 13.1. The van der Waals surface area contributed by atoms with Gasteiger partial charge in [0.05, 0.1) is 16.3 Å². The minimum atomic E-state index is -0.544. The van der Waals surface area contributed by atoms with Crippen molar-refractivity contribution < 1.29 is 13.6 Å². The molecule has 1 N–H and O–H groups in total. The molecule has 3 rings (SSSR count). The van der Waals surface area contributed by atoms with Crippen LogP contribution >= 0.6 is 23.4 Å². The second-order valence-corrected chi connectivity index (χ2v) is 5.91. The van der Waals surface area contributed by atoms with Gasteiger partial charge in [-0.1, -0.05) is 23.4 Å². The molecule has 0 unspecified atom stereocenters. The molecule has 9 heteroatoms. The lowest BCUT2D eigenvalue weighted by molar-refractivity contribution is -0.113. The number of anilines is 1. The van der Waals surface area contributed by atoms with Crippen LogP contribution in [0.3, 0.4) is 0 Å². The lowest BCUT2D eigenvalue weighted by Crippen LogP contribution is -2.14. The van der Waals surface area contributed by atoms with Gasteiger partial charge in [0.1, 0.15) is 5.82 Å². The number of carbonyl (C=O) groups is 1. The zero-order valence-electron chi connectivity index (χ0n) is 12.1. The maximum absolute atomic E-state index is 13.1. The Balaban J connectivity index is 1.56. The van der Waals surface area contributed by atoms with Crippen molar-refractivity contribution >= 4 is 35.0 Å². The van der Waals surface area contributed by atoms with Crippen molar-refractivity contribution in [2.75, 3.05) is 11.1 Å². The van der Waals surface area contributed by atoms with Crippen molar-refractivity contribution in [3.63, 3.8) is 0 Å². The number of amides is 1. The first-order valence-electron chi connectivity index (χ1n) is 6.73. The molecule has 3 aromatic rings. The summed E-state index contributed by atoms with van der Waals surface area (Å²) in [5, 5.41) is 10.6. The van der Waals surface area contributed by atoms with Gasteiger partial charge < -0.3 is 9.73 Å². The summed E-state index contributed by atoms with van der Waals surface area (Å²) in [6.07, 6.45) is 3.24. The van der Waals surface area contributed by atoms with Crippen molar-refractivity contribution in [2.45, 2.75) is 5.22 Å². The third-order valence-electron chi connectivity index (χ3n) is 2.85. The Kier molecular flexibility index (Phi) is 5.07. The van der Waals surface area contributed by atoms with E-state index in [9.17, 15) is 9.18 Å². The number of carbonyl (C=O) groups excluding carboxylic acids is 1. The molecule has 24 heavy (non-hydrogen) atoms. The Hall–Kier alpha value is -2.45. The highest BCUT2D eigenvalue weighted by Gasteiger charge is 2.12. The normalized spacial score (nSPS) is 10.6. The van der Waals surface area contributed by atoms with Crippen LogP contribution < -0.4 is 5.32 Å². The van der Waals surface area contributed by atoms with Crippen molar-refractivity contribution in [3.05, 3.63) is 53.6 Å².